The van der Waals surface area contributed by atoms with Gasteiger partial charge < -0.3 is 5.11 Å². The molecule has 0 amide bonds. The third-order valence-electron chi connectivity index (χ3n) is 2.66. The van der Waals surface area contributed by atoms with E-state index in [1.54, 1.807) is 28.9 Å². The summed E-state index contributed by atoms with van der Waals surface area (Å²) in [4.78, 5) is 15.2. The maximum Gasteiger partial charge on any atom is 0.335 e. The first kappa shape index (κ1) is 12.3. The van der Waals surface area contributed by atoms with Crippen LogP contribution in [0.4, 0.5) is 0 Å². The summed E-state index contributed by atoms with van der Waals surface area (Å²) in [5.41, 5.74) is 1.08. The van der Waals surface area contributed by atoms with E-state index in [1.165, 1.54) is 0 Å². The van der Waals surface area contributed by atoms with Crippen LogP contribution in [-0.4, -0.2) is 25.8 Å². The number of carboxylic acids is 1. The van der Waals surface area contributed by atoms with E-state index < -0.39 is 5.97 Å². The van der Waals surface area contributed by atoms with E-state index >= 15 is 0 Å². The first-order valence-electron chi connectivity index (χ1n) is 5.76. The molecule has 2 rings (SSSR count). The van der Waals surface area contributed by atoms with Gasteiger partial charge in [-0.1, -0.05) is 13.8 Å². The van der Waals surface area contributed by atoms with Crippen molar-refractivity contribution in [1.29, 1.82) is 0 Å². The molecule has 0 aliphatic carbocycles. The average molecular weight is 245 g/mol. The molecule has 0 aliphatic heterocycles. The number of nitrogens with zero attached hydrogens (tertiary/aromatic N) is 3. The van der Waals surface area contributed by atoms with Crippen LogP contribution < -0.4 is 0 Å². The van der Waals surface area contributed by atoms with Gasteiger partial charge in [-0.05, 0) is 31.2 Å². The lowest BCUT2D eigenvalue weighted by atomic mass is 10.2. The smallest absolute Gasteiger partial charge is 0.335 e. The fourth-order valence-corrected chi connectivity index (χ4v) is 1.64. The number of benzene rings is 1. The van der Waals surface area contributed by atoms with E-state index in [4.69, 9.17) is 5.11 Å². The van der Waals surface area contributed by atoms with E-state index in [0.29, 0.717) is 0 Å². The number of hydrogen-bond acceptors (Lipinski definition) is 3. The second-order valence-corrected chi connectivity index (χ2v) is 4.44. The Kier molecular flexibility index (Phi) is 3.14. The fraction of sp³-hybridized carbons (Fsp3) is 0.308. The van der Waals surface area contributed by atoms with Crippen molar-refractivity contribution in [3.63, 3.8) is 0 Å². The molecule has 0 atom stereocenters. The average Bonchev–Trinajstić information content (AvgIpc) is 2.71. The highest BCUT2D eigenvalue weighted by molar-refractivity contribution is 5.87. The molecule has 0 bridgehead atoms. The summed E-state index contributed by atoms with van der Waals surface area (Å²) in [5.74, 6) is 0.916. The number of aromatic nitrogens is 3. The van der Waals surface area contributed by atoms with Crippen LogP contribution in [0.1, 0.15) is 41.8 Å². The van der Waals surface area contributed by atoms with Crippen LogP contribution in [0, 0.1) is 6.92 Å². The zero-order valence-electron chi connectivity index (χ0n) is 10.6. The van der Waals surface area contributed by atoms with Crippen LogP contribution >= 0.6 is 0 Å². The normalized spacial score (nSPS) is 10.9. The third kappa shape index (κ3) is 2.25. The molecule has 1 aromatic heterocycles. The Bertz CT molecular complexity index is 570. The summed E-state index contributed by atoms with van der Waals surface area (Å²) >= 11 is 0. The third-order valence-corrected chi connectivity index (χ3v) is 2.66. The molecular formula is C13H15N3O2. The molecule has 1 aromatic carbocycles. The molecule has 0 spiro atoms. The molecule has 0 fully saturated rings. The summed E-state index contributed by atoms with van der Waals surface area (Å²) < 4.78 is 1.72. The summed E-state index contributed by atoms with van der Waals surface area (Å²) in [6, 6.07) is 6.59. The fourth-order valence-electron chi connectivity index (χ4n) is 1.64. The molecule has 94 valence electrons. The van der Waals surface area contributed by atoms with Gasteiger partial charge in [0.15, 0.2) is 5.82 Å². The van der Waals surface area contributed by atoms with Gasteiger partial charge in [0, 0.05) is 5.92 Å². The minimum Gasteiger partial charge on any atom is -0.478 e. The van der Waals surface area contributed by atoms with Crippen molar-refractivity contribution in [3.05, 3.63) is 41.5 Å². The van der Waals surface area contributed by atoms with Crippen molar-refractivity contribution in [3.8, 4) is 5.69 Å². The number of aryl methyl sites for hydroxylation is 1. The van der Waals surface area contributed by atoms with E-state index in [-0.39, 0.29) is 11.5 Å². The predicted molar refractivity (Wildman–Crippen MR) is 67.1 cm³/mol. The minimum absolute atomic E-state index is 0.264. The minimum atomic E-state index is -0.931. The zero-order valence-corrected chi connectivity index (χ0v) is 10.6. The Morgan fingerprint density at radius 1 is 1.28 bits per heavy atom. The largest absolute Gasteiger partial charge is 0.478 e. The van der Waals surface area contributed by atoms with Crippen molar-refractivity contribution >= 4 is 5.97 Å². The van der Waals surface area contributed by atoms with E-state index in [1.807, 2.05) is 20.8 Å². The van der Waals surface area contributed by atoms with Gasteiger partial charge in [-0.25, -0.2) is 14.5 Å². The van der Waals surface area contributed by atoms with Gasteiger partial charge >= 0.3 is 5.97 Å². The maximum absolute atomic E-state index is 10.8. The molecule has 0 saturated heterocycles. The lowest BCUT2D eigenvalue weighted by Crippen LogP contribution is -2.01. The molecule has 2 aromatic rings. The van der Waals surface area contributed by atoms with Gasteiger partial charge in [-0.3, -0.25) is 0 Å². The number of carbonyl (C=O) groups is 1. The van der Waals surface area contributed by atoms with E-state index in [0.717, 1.165) is 17.3 Å². The topological polar surface area (TPSA) is 68.0 Å². The highest BCUT2D eigenvalue weighted by atomic mass is 16.4. The standard InChI is InChI=1S/C13H15N3O2/c1-8(2)12-14-9(3)16(15-12)11-6-4-10(5-7-11)13(17)18/h4-8H,1-3H3,(H,17,18). The lowest BCUT2D eigenvalue weighted by molar-refractivity contribution is 0.0697. The van der Waals surface area contributed by atoms with Gasteiger partial charge in [0.1, 0.15) is 5.82 Å². The van der Waals surface area contributed by atoms with Crippen LogP contribution in [0.5, 0.6) is 0 Å². The van der Waals surface area contributed by atoms with Crippen LogP contribution in [0.3, 0.4) is 0 Å². The van der Waals surface area contributed by atoms with E-state index in [9.17, 15) is 4.79 Å². The predicted octanol–water partition coefficient (Wildman–Crippen LogP) is 2.40. The summed E-state index contributed by atoms with van der Waals surface area (Å²) in [7, 11) is 0. The van der Waals surface area contributed by atoms with Crippen molar-refractivity contribution < 1.29 is 9.90 Å². The number of rotatable bonds is 3. The van der Waals surface area contributed by atoms with Gasteiger partial charge in [0.2, 0.25) is 0 Å². The van der Waals surface area contributed by atoms with Crippen LogP contribution in [0.15, 0.2) is 24.3 Å². The number of aromatic carboxylic acids is 1. The van der Waals surface area contributed by atoms with Gasteiger partial charge in [-0.2, -0.15) is 5.10 Å². The molecule has 0 radical (unpaired) electrons. The quantitative estimate of drug-likeness (QED) is 0.901. The van der Waals surface area contributed by atoms with Gasteiger partial charge in [0.05, 0.1) is 11.3 Å². The van der Waals surface area contributed by atoms with Crippen LogP contribution in [-0.2, 0) is 0 Å². The van der Waals surface area contributed by atoms with E-state index in [2.05, 4.69) is 10.1 Å². The Morgan fingerprint density at radius 2 is 1.89 bits per heavy atom. The molecule has 1 N–H and O–H groups in total. The second-order valence-electron chi connectivity index (χ2n) is 4.44. The monoisotopic (exact) mass is 245 g/mol. The van der Waals surface area contributed by atoms with Crippen LogP contribution in [0.25, 0.3) is 5.69 Å². The lowest BCUT2D eigenvalue weighted by Gasteiger charge is -2.03. The Labute approximate surface area is 105 Å². The van der Waals surface area contributed by atoms with Crippen molar-refractivity contribution in [2.45, 2.75) is 26.7 Å². The Hall–Kier alpha value is -2.17. The Morgan fingerprint density at radius 3 is 2.33 bits per heavy atom. The molecule has 0 unspecified atom stereocenters. The summed E-state index contributed by atoms with van der Waals surface area (Å²) in [5, 5.41) is 13.3. The molecule has 5 nitrogen and oxygen atoms in total. The SMILES string of the molecule is Cc1nc(C(C)C)nn1-c1ccc(C(=O)O)cc1. The molecule has 18 heavy (non-hydrogen) atoms. The summed E-state index contributed by atoms with van der Waals surface area (Å²) in [6.45, 7) is 5.95. The molecule has 1 heterocycles. The van der Waals surface area contributed by atoms with Crippen LogP contribution in [0.2, 0.25) is 0 Å². The van der Waals surface area contributed by atoms with Crippen molar-refractivity contribution in [1.82, 2.24) is 14.8 Å². The molecule has 0 aliphatic rings. The second kappa shape index (κ2) is 4.60. The molecule has 5 heteroatoms. The highest BCUT2D eigenvalue weighted by Crippen LogP contribution is 2.15. The highest BCUT2D eigenvalue weighted by Gasteiger charge is 2.11. The van der Waals surface area contributed by atoms with Crippen molar-refractivity contribution in [2.75, 3.05) is 0 Å². The molecular weight excluding hydrogens is 230 g/mol. The zero-order chi connectivity index (χ0) is 13.3. The van der Waals surface area contributed by atoms with Crippen molar-refractivity contribution in [2.24, 2.45) is 0 Å². The first-order valence-corrected chi connectivity index (χ1v) is 5.76. The maximum atomic E-state index is 10.8. The summed E-state index contributed by atoms with van der Waals surface area (Å²) in [6.07, 6.45) is 0. The first-order chi connectivity index (χ1) is 8.49. The number of hydrogen-bond donors (Lipinski definition) is 1. The van der Waals surface area contributed by atoms with Gasteiger partial charge in [-0.15, -0.1) is 0 Å². The Balaban J connectivity index is 2.39. The van der Waals surface area contributed by atoms with Gasteiger partial charge in [0.25, 0.3) is 0 Å². The molecule has 0 saturated carbocycles. The number of carboxylic acid groups (broad SMARTS) is 1.